The van der Waals surface area contributed by atoms with Gasteiger partial charge in [-0.25, -0.2) is 0 Å². The Morgan fingerprint density at radius 1 is 1.31 bits per heavy atom. The molecular weight excluding hydrogens is 332 g/mol. The Morgan fingerprint density at radius 3 is 2.81 bits per heavy atom. The molecule has 4 rings (SSSR count). The third-order valence-electron chi connectivity index (χ3n) is 4.99. The van der Waals surface area contributed by atoms with Gasteiger partial charge in [0.1, 0.15) is 5.69 Å². The average Bonchev–Trinajstić information content (AvgIpc) is 3.22. The van der Waals surface area contributed by atoms with Gasteiger partial charge in [0.15, 0.2) is 11.5 Å². The molecule has 1 aliphatic heterocycles. The van der Waals surface area contributed by atoms with Crippen LogP contribution in [0.25, 0.3) is 0 Å². The second-order valence-corrected chi connectivity index (χ2v) is 7.15. The number of aryl methyl sites for hydroxylation is 1. The van der Waals surface area contributed by atoms with Crippen LogP contribution in [0.15, 0.2) is 24.3 Å². The number of benzene rings is 1. The highest BCUT2D eigenvalue weighted by atomic mass is 16.7. The molecule has 7 nitrogen and oxygen atoms in total. The van der Waals surface area contributed by atoms with Gasteiger partial charge < -0.3 is 19.7 Å². The Balaban J connectivity index is 1.46. The normalized spacial score (nSPS) is 16.8. The number of ether oxygens (including phenoxy) is 2. The number of fused-ring (bicyclic) bond motifs is 1. The van der Waals surface area contributed by atoms with Crippen LogP contribution in [0.1, 0.15) is 46.5 Å². The molecule has 138 valence electrons. The minimum Gasteiger partial charge on any atom is -0.454 e. The first-order chi connectivity index (χ1) is 12.5. The second-order valence-electron chi connectivity index (χ2n) is 7.15. The predicted octanol–water partition coefficient (Wildman–Crippen LogP) is 2.06. The van der Waals surface area contributed by atoms with Crippen molar-refractivity contribution in [2.24, 2.45) is 7.05 Å². The smallest absolute Gasteiger partial charge is 0.269 e. The fourth-order valence-corrected chi connectivity index (χ4v) is 3.28. The van der Waals surface area contributed by atoms with Crippen molar-refractivity contribution in [3.05, 3.63) is 41.2 Å². The number of rotatable bonds is 6. The van der Waals surface area contributed by atoms with E-state index in [0.29, 0.717) is 18.2 Å². The van der Waals surface area contributed by atoms with E-state index >= 15 is 0 Å². The monoisotopic (exact) mass is 356 g/mol. The van der Waals surface area contributed by atoms with Crippen LogP contribution in [-0.2, 0) is 7.05 Å². The maximum Gasteiger partial charge on any atom is 0.269 e. The maximum absolute atomic E-state index is 12.6. The summed E-state index contributed by atoms with van der Waals surface area (Å²) in [4.78, 5) is 14.7. The van der Waals surface area contributed by atoms with Gasteiger partial charge in [0, 0.05) is 19.5 Å². The highest BCUT2D eigenvalue weighted by Gasteiger charge is 2.28. The number of aromatic nitrogens is 2. The summed E-state index contributed by atoms with van der Waals surface area (Å²) in [5, 5.41) is 7.51. The molecule has 1 saturated carbocycles. The first-order valence-corrected chi connectivity index (χ1v) is 8.91. The van der Waals surface area contributed by atoms with Crippen molar-refractivity contribution < 1.29 is 14.3 Å². The molecule has 2 heterocycles. The molecule has 1 N–H and O–H groups in total. The van der Waals surface area contributed by atoms with Crippen LogP contribution in [0.4, 0.5) is 0 Å². The molecule has 26 heavy (non-hydrogen) atoms. The second kappa shape index (κ2) is 6.64. The summed E-state index contributed by atoms with van der Waals surface area (Å²) < 4.78 is 12.5. The first kappa shape index (κ1) is 16.9. The summed E-state index contributed by atoms with van der Waals surface area (Å²) >= 11 is 0. The van der Waals surface area contributed by atoms with Gasteiger partial charge in [0.05, 0.1) is 11.7 Å². The number of likely N-dealkylation sites (N-methyl/N-ethyl adjacent to an activating group) is 1. The van der Waals surface area contributed by atoms with Gasteiger partial charge in [-0.15, -0.1) is 0 Å². The average molecular weight is 356 g/mol. The van der Waals surface area contributed by atoms with E-state index in [0.717, 1.165) is 22.8 Å². The van der Waals surface area contributed by atoms with Crippen molar-refractivity contribution in [3.8, 4) is 11.5 Å². The first-order valence-electron chi connectivity index (χ1n) is 8.91. The number of carbonyl (C=O) groups is 1. The van der Waals surface area contributed by atoms with Gasteiger partial charge in [-0.3, -0.25) is 9.48 Å². The van der Waals surface area contributed by atoms with E-state index in [9.17, 15) is 4.79 Å². The molecule has 1 amide bonds. The van der Waals surface area contributed by atoms with Crippen LogP contribution in [-0.4, -0.2) is 48.0 Å². The number of hydrogen-bond donors (Lipinski definition) is 1. The molecule has 1 fully saturated rings. The zero-order valence-corrected chi connectivity index (χ0v) is 15.4. The van der Waals surface area contributed by atoms with Crippen molar-refractivity contribution in [2.45, 2.75) is 24.8 Å². The molecule has 1 aliphatic carbocycles. The fourth-order valence-electron chi connectivity index (χ4n) is 3.28. The highest BCUT2D eigenvalue weighted by molar-refractivity contribution is 5.92. The van der Waals surface area contributed by atoms with Gasteiger partial charge in [-0.2, -0.15) is 5.10 Å². The lowest BCUT2D eigenvalue weighted by Gasteiger charge is -2.25. The van der Waals surface area contributed by atoms with E-state index < -0.39 is 0 Å². The van der Waals surface area contributed by atoms with E-state index in [4.69, 9.17) is 9.47 Å². The molecule has 2 aromatic rings. The third-order valence-corrected chi connectivity index (χ3v) is 4.99. The lowest BCUT2D eigenvalue weighted by Crippen LogP contribution is -2.35. The summed E-state index contributed by atoms with van der Waals surface area (Å²) in [6.07, 6.45) is 2.34. The standard InChI is InChI=1S/C19H24N4O3/c1-22(2)16(13-6-7-17-18(8-13)26-11-25-17)10-20-19(24)15-9-14(12-4-5-12)21-23(15)3/h6-9,12,16H,4-5,10-11H2,1-3H3,(H,20,24). The maximum atomic E-state index is 12.6. The molecule has 0 saturated heterocycles. The van der Waals surface area contributed by atoms with Gasteiger partial charge in [0.25, 0.3) is 5.91 Å². The summed E-state index contributed by atoms with van der Waals surface area (Å²) in [6.45, 7) is 0.751. The van der Waals surface area contributed by atoms with Crippen LogP contribution in [0.5, 0.6) is 11.5 Å². The molecule has 1 unspecified atom stereocenters. The van der Waals surface area contributed by atoms with Crippen LogP contribution in [0.2, 0.25) is 0 Å². The number of hydrogen-bond acceptors (Lipinski definition) is 5. The molecule has 1 atom stereocenters. The molecule has 7 heteroatoms. The molecular formula is C19H24N4O3. The van der Waals surface area contributed by atoms with Crippen molar-refractivity contribution >= 4 is 5.91 Å². The van der Waals surface area contributed by atoms with Gasteiger partial charge in [0.2, 0.25) is 6.79 Å². The Hall–Kier alpha value is -2.54. The molecule has 0 radical (unpaired) electrons. The number of amides is 1. The van der Waals surface area contributed by atoms with E-state index in [1.807, 2.05) is 45.4 Å². The van der Waals surface area contributed by atoms with E-state index in [1.165, 1.54) is 12.8 Å². The van der Waals surface area contributed by atoms with Crippen molar-refractivity contribution in [3.63, 3.8) is 0 Å². The largest absolute Gasteiger partial charge is 0.454 e. The number of nitrogens with zero attached hydrogens (tertiary/aromatic N) is 3. The van der Waals surface area contributed by atoms with Crippen LogP contribution < -0.4 is 14.8 Å². The lowest BCUT2D eigenvalue weighted by atomic mass is 10.1. The number of nitrogens with one attached hydrogen (secondary N) is 1. The summed E-state index contributed by atoms with van der Waals surface area (Å²) in [6, 6.07) is 7.86. The summed E-state index contributed by atoms with van der Waals surface area (Å²) in [7, 11) is 5.81. The van der Waals surface area contributed by atoms with Gasteiger partial charge in [-0.1, -0.05) is 6.07 Å². The lowest BCUT2D eigenvalue weighted by molar-refractivity contribution is 0.0932. The molecule has 2 aliphatic rings. The minimum atomic E-state index is -0.0977. The quantitative estimate of drug-likeness (QED) is 0.858. The Bertz CT molecular complexity index is 826. The van der Waals surface area contributed by atoms with Crippen molar-refractivity contribution in [2.75, 3.05) is 27.4 Å². The van der Waals surface area contributed by atoms with Gasteiger partial charge in [-0.05, 0) is 50.7 Å². The SMILES string of the molecule is CN(C)C(CNC(=O)c1cc(C2CC2)nn1C)c1ccc2c(c1)OCO2. The Labute approximate surface area is 152 Å². The Morgan fingerprint density at radius 2 is 2.08 bits per heavy atom. The fraction of sp³-hybridized carbons (Fsp3) is 0.474. The van der Waals surface area contributed by atoms with Crippen LogP contribution in [0, 0.1) is 0 Å². The van der Waals surface area contributed by atoms with E-state index in [2.05, 4.69) is 15.3 Å². The zero-order chi connectivity index (χ0) is 18.3. The number of carbonyl (C=O) groups excluding carboxylic acids is 1. The predicted molar refractivity (Wildman–Crippen MR) is 96.5 cm³/mol. The third kappa shape index (κ3) is 3.26. The van der Waals surface area contributed by atoms with Crippen molar-refractivity contribution in [1.29, 1.82) is 0 Å². The summed E-state index contributed by atoms with van der Waals surface area (Å²) in [5.74, 6) is 1.95. The van der Waals surface area contributed by atoms with Crippen LogP contribution >= 0.6 is 0 Å². The highest BCUT2D eigenvalue weighted by Crippen LogP contribution is 2.39. The molecule has 0 bridgehead atoms. The van der Waals surface area contributed by atoms with Crippen LogP contribution in [0.3, 0.4) is 0 Å². The molecule has 0 spiro atoms. The van der Waals surface area contributed by atoms with Crippen molar-refractivity contribution in [1.82, 2.24) is 20.0 Å². The minimum absolute atomic E-state index is 0.0320. The van der Waals surface area contributed by atoms with Gasteiger partial charge >= 0.3 is 0 Å². The van der Waals surface area contributed by atoms with E-state index in [1.54, 1.807) is 4.68 Å². The summed E-state index contributed by atoms with van der Waals surface area (Å²) in [5.41, 5.74) is 2.70. The van der Waals surface area contributed by atoms with E-state index in [-0.39, 0.29) is 18.7 Å². The molecule has 1 aromatic heterocycles. The topological polar surface area (TPSA) is 68.6 Å². The Kier molecular flexibility index (Phi) is 4.32. The zero-order valence-electron chi connectivity index (χ0n) is 15.4. The molecule has 1 aromatic carbocycles.